The molecule has 0 amide bonds. The van der Waals surface area contributed by atoms with Gasteiger partial charge in [0.1, 0.15) is 0 Å². The molecule has 0 bridgehead atoms. The lowest BCUT2D eigenvalue weighted by Gasteiger charge is -2.34. The van der Waals surface area contributed by atoms with Gasteiger partial charge < -0.3 is 10.5 Å². The summed E-state index contributed by atoms with van der Waals surface area (Å²) in [6.07, 6.45) is 3.98. The molecule has 0 spiro atoms. The first kappa shape index (κ1) is 9.44. The third-order valence-corrected chi connectivity index (χ3v) is 3.11. The van der Waals surface area contributed by atoms with E-state index >= 15 is 0 Å². The first-order valence-electron chi connectivity index (χ1n) is 5.35. The fraction of sp³-hybridized carbons (Fsp3) is 1.00. The van der Waals surface area contributed by atoms with E-state index in [0.29, 0.717) is 6.10 Å². The third kappa shape index (κ3) is 2.42. The van der Waals surface area contributed by atoms with Gasteiger partial charge in [-0.15, -0.1) is 0 Å². The minimum Gasteiger partial charge on any atom is -0.376 e. The van der Waals surface area contributed by atoms with Gasteiger partial charge in [-0.3, -0.25) is 4.90 Å². The number of morpholine rings is 1. The molecule has 2 N–H and O–H groups in total. The van der Waals surface area contributed by atoms with Crippen molar-refractivity contribution in [2.24, 2.45) is 5.73 Å². The van der Waals surface area contributed by atoms with E-state index in [1.807, 2.05) is 0 Å². The van der Waals surface area contributed by atoms with E-state index in [0.717, 1.165) is 32.7 Å². The van der Waals surface area contributed by atoms with E-state index in [1.54, 1.807) is 0 Å². The van der Waals surface area contributed by atoms with Crippen LogP contribution in [0.2, 0.25) is 0 Å². The van der Waals surface area contributed by atoms with Crippen LogP contribution < -0.4 is 5.73 Å². The normalized spacial score (nSPS) is 33.2. The van der Waals surface area contributed by atoms with Crippen molar-refractivity contribution in [1.82, 2.24) is 4.90 Å². The topological polar surface area (TPSA) is 38.5 Å². The van der Waals surface area contributed by atoms with Crippen LogP contribution >= 0.6 is 0 Å². The van der Waals surface area contributed by atoms with Crippen LogP contribution in [0.25, 0.3) is 0 Å². The van der Waals surface area contributed by atoms with Crippen molar-refractivity contribution >= 4 is 0 Å². The Bertz CT molecular complexity index is 180. The van der Waals surface area contributed by atoms with Crippen molar-refractivity contribution in [3.63, 3.8) is 0 Å². The summed E-state index contributed by atoms with van der Waals surface area (Å²) in [5.74, 6) is 0. The Morgan fingerprint density at radius 2 is 2.31 bits per heavy atom. The Balaban J connectivity index is 1.78. The minimum atomic E-state index is 0.162. The predicted molar refractivity (Wildman–Crippen MR) is 52.6 cm³/mol. The van der Waals surface area contributed by atoms with Crippen LogP contribution in [0.3, 0.4) is 0 Å². The number of hydrogen-bond acceptors (Lipinski definition) is 3. The smallest absolute Gasteiger partial charge is 0.0700 e. The van der Waals surface area contributed by atoms with Crippen molar-refractivity contribution in [2.75, 3.05) is 26.2 Å². The van der Waals surface area contributed by atoms with Crippen molar-refractivity contribution < 1.29 is 4.74 Å². The molecule has 1 aliphatic carbocycles. The van der Waals surface area contributed by atoms with Crippen LogP contribution in [0.15, 0.2) is 0 Å². The Morgan fingerprint density at radius 3 is 2.92 bits per heavy atom. The fourth-order valence-electron chi connectivity index (χ4n) is 1.94. The van der Waals surface area contributed by atoms with Crippen LogP contribution in [0, 0.1) is 0 Å². The molecule has 2 rings (SSSR count). The molecule has 1 atom stereocenters. The van der Waals surface area contributed by atoms with Crippen LogP contribution in [0.5, 0.6) is 0 Å². The van der Waals surface area contributed by atoms with E-state index in [2.05, 4.69) is 11.8 Å². The van der Waals surface area contributed by atoms with Crippen molar-refractivity contribution in [2.45, 2.75) is 37.8 Å². The lowest BCUT2D eigenvalue weighted by molar-refractivity contribution is -0.0319. The van der Waals surface area contributed by atoms with E-state index in [-0.39, 0.29) is 5.54 Å². The van der Waals surface area contributed by atoms with Gasteiger partial charge in [0.2, 0.25) is 0 Å². The summed E-state index contributed by atoms with van der Waals surface area (Å²) in [5.41, 5.74) is 6.24. The highest BCUT2D eigenvalue weighted by atomic mass is 16.5. The highest BCUT2D eigenvalue weighted by Gasteiger charge is 2.40. The summed E-state index contributed by atoms with van der Waals surface area (Å²) in [6, 6.07) is 0. The molecule has 3 nitrogen and oxygen atoms in total. The Hall–Kier alpha value is -0.120. The second kappa shape index (κ2) is 3.56. The number of nitrogens with zero attached hydrogens (tertiary/aromatic N) is 1. The Labute approximate surface area is 80.2 Å². The summed E-state index contributed by atoms with van der Waals surface area (Å²) in [7, 11) is 0. The molecular weight excluding hydrogens is 164 g/mol. The molecule has 1 saturated heterocycles. The molecular formula is C10H20N2O. The van der Waals surface area contributed by atoms with E-state index in [4.69, 9.17) is 10.5 Å². The number of ether oxygens (including phenoxy) is 1. The van der Waals surface area contributed by atoms with E-state index < -0.39 is 0 Å². The zero-order valence-corrected chi connectivity index (χ0v) is 8.46. The first-order valence-corrected chi connectivity index (χ1v) is 5.35. The zero-order valence-electron chi connectivity index (χ0n) is 8.46. The minimum absolute atomic E-state index is 0.162. The number of hydrogen-bond donors (Lipinski definition) is 1. The highest BCUT2D eigenvalue weighted by Crippen LogP contribution is 2.33. The Kier molecular flexibility index (Phi) is 2.58. The van der Waals surface area contributed by atoms with Gasteiger partial charge in [-0.25, -0.2) is 0 Å². The molecule has 76 valence electrons. The average molecular weight is 184 g/mol. The monoisotopic (exact) mass is 184 g/mol. The lowest BCUT2D eigenvalue weighted by atomic mass is 10.2. The van der Waals surface area contributed by atoms with Crippen molar-refractivity contribution in [3.8, 4) is 0 Å². The van der Waals surface area contributed by atoms with Crippen LogP contribution in [0.1, 0.15) is 26.2 Å². The summed E-state index contributed by atoms with van der Waals surface area (Å²) >= 11 is 0. The van der Waals surface area contributed by atoms with Gasteiger partial charge in [-0.1, -0.05) is 6.92 Å². The molecule has 0 aromatic rings. The van der Waals surface area contributed by atoms with Crippen LogP contribution in [-0.2, 0) is 4.74 Å². The highest BCUT2D eigenvalue weighted by molar-refractivity contribution is 5.01. The van der Waals surface area contributed by atoms with Crippen molar-refractivity contribution in [3.05, 3.63) is 0 Å². The maximum Gasteiger partial charge on any atom is 0.0700 e. The second-order valence-corrected chi connectivity index (χ2v) is 4.50. The number of rotatable bonds is 3. The molecule has 1 aliphatic heterocycles. The zero-order chi connectivity index (χ0) is 9.31. The summed E-state index contributed by atoms with van der Waals surface area (Å²) in [4.78, 5) is 2.46. The van der Waals surface area contributed by atoms with Gasteiger partial charge in [-0.2, -0.15) is 0 Å². The fourth-order valence-corrected chi connectivity index (χ4v) is 1.94. The molecule has 0 aromatic heterocycles. The maximum absolute atomic E-state index is 6.08. The van der Waals surface area contributed by atoms with Gasteiger partial charge in [-0.05, 0) is 19.3 Å². The third-order valence-electron chi connectivity index (χ3n) is 3.11. The molecule has 13 heavy (non-hydrogen) atoms. The molecule has 0 aromatic carbocycles. The van der Waals surface area contributed by atoms with Crippen LogP contribution in [0.4, 0.5) is 0 Å². The van der Waals surface area contributed by atoms with Crippen molar-refractivity contribution in [1.29, 1.82) is 0 Å². The maximum atomic E-state index is 6.08. The number of nitrogens with two attached hydrogens (primary N) is 1. The summed E-state index contributed by atoms with van der Waals surface area (Å²) < 4.78 is 5.61. The summed E-state index contributed by atoms with van der Waals surface area (Å²) in [6.45, 7) is 6.29. The first-order chi connectivity index (χ1) is 6.22. The quantitative estimate of drug-likeness (QED) is 0.697. The molecule has 0 radical (unpaired) electrons. The molecule has 1 heterocycles. The molecule has 2 aliphatic rings. The molecule has 3 heteroatoms. The Morgan fingerprint density at radius 1 is 1.54 bits per heavy atom. The average Bonchev–Trinajstić information content (AvgIpc) is 2.84. The van der Waals surface area contributed by atoms with Gasteiger partial charge in [0.15, 0.2) is 0 Å². The van der Waals surface area contributed by atoms with E-state index in [9.17, 15) is 0 Å². The van der Waals surface area contributed by atoms with Crippen LogP contribution in [-0.4, -0.2) is 42.8 Å². The SMILES string of the molecule is CCC1CN(CC2(N)CC2)CCO1. The molecule has 2 fully saturated rings. The van der Waals surface area contributed by atoms with E-state index in [1.165, 1.54) is 12.8 Å². The second-order valence-electron chi connectivity index (χ2n) is 4.50. The molecule has 1 saturated carbocycles. The summed E-state index contributed by atoms with van der Waals surface area (Å²) in [5, 5.41) is 0. The standard InChI is InChI=1S/C10H20N2O/c1-2-9-7-12(5-6-13-9)8-10(11)3-4-10/h9H,2-8,11H2,1H3. The largest absolute Gasteiger partial charge is 0.376 e. The molecule has 1 unspecified atom stereocenters. The lowest BCUT2D eigenvalue weighted by Crippen LogP contribution is -2.48. The van der Waals surface area contributed by atoms with Gasteiger partial charge in [0.05, 0.1) is 12.7 Å². The van der Waals surface area contributed by atoms with Gasteiger partial charge in [0.25, 0.3) is 0 Å². The predicted octanol–water partition coefficient (Wildman–Crippen LogP) is 0.588. The van der Waals surface area contributed by atoms with Gasteiger partial charge >= 0.3 is 0 Å². The van der Waals surface area contributed by atoms with Gasteiger partial charge in [0, 0.05) is 25.2 Å².